The van der Waals surface area contributed by atoms with E-state index >= 15 is 0 Å². The van der Waals surface area contributed by atoms with E-state index in [0.29, 0.717) is 56.6 Å². The fourth-order valence-electron chi connectivity index (χ4n) is 5.96. The van der Waals surface area contributed by atoms with Gasteiger partial charge in [0.25, 0.3) is 0 Å². The second-order valence-electron chi connectivity index (χ2n) is 10.9. The van der Waals surface area contributed by atoms with Crippen LogP contribution in [0.15, 0.2) is 48.5 Å². The van der Waals surface area contributed by atoms with Crippen molar-refractivity contribution in [3.63, 3.8) is 0 Å². The van der Waals surface area contributed by atoms with E-state index in [-0.39, 0.29) is 29.7 Å². The van der Waals surface area contributed by atoms with Gasteiger partial charge in [0.2, 0.25) is 11.8 Å². The number of nitrogens with one attached hydrogen (secondary N) is 1. The molecule has 2 aliphatic rings. The average Bonchev–Trinajstić information content (AvgIpc) is 3.25. The lowest BCUT2D eigenvalue weighted by atomic mass is 9.73. The van der Waals surface area contributed by atoms with Gasteiger partial charge < -0.3 is 30.9 Å². The molecule has 0 bridgehead atoms. The zero-order valence-electron chi connectivity index (χ0n) is 22.4. The van der Waals surface area contributed by atoms with Crippen molar-refractivity contribution in [3.05, 3.63) is 59.7 Å². The van der Waals surface area contributed by atoms with Crippen LogP contribution in [0.4, 0.5) is 0 Å². The molecule has 0 aromatic heterocycles. The zero-order chi connectivity index (χ0) is 27.3. The summed E-state index contributed by atoms with van der Waals surface area (Å²) in [7, 11) is 0. The summed E-state index contributed by atoms with van der Waals surface area (Å²) in [6.45, 7) is 4.95. The summed E-state index contributed by atoms with van der Waals surface area (Å²) in [5, 5.41) is 25.4. The average molecular weight is 524 g/mol. The maximum atomic E-state index is 13.4. The second kappa shape index (κ2) is 12.3. The van der Waals surface area contributed by atoms with E-state index in [1.54, 1.807) is 0 Å². The molecule has 2 amide bonds. The van der Waals surface area contributed by atoms with E-state index in [9.17, 15) is 19.8 Å². The highest BCUT2D eigenvalue weighted by atomic mass is 16.5. The number of rotatable bonds is 9. The van der Waals surface area contributed by atoms with Crippen LogP contribution in [0.1, 0.15) is 56.6 Å². The topological polar surface area (TPSA) is 125 Å². The largest absolute Gasteiger partial charge is 0.457 e. The van der Waals surface area contributed by atoms with E-state index in [1.807, 2.05) is 60.4 Å². The first kappa shape index (κ1) is 28.1. The quantitative estimate of drug-likeness (QED) is 0.374. The highest BCUT2D eigenvalue weighted by Gasteiger charge is 2.44. The summed E-state index contributed by atoms with van der Waals surface area (Å²) in [6.07, 6.45) is 2.72. The molecule has 2 fully saturated rings. The molecule has 1 heterocycles. The van der Waals surface area contributed by atoms with Crippen LogP contribution in [0.25, 0.3) is 0 Å². The molecule has 5 N–H and O–H groups in total. The maximum absolute atomic E-state index is 13.4. The van der Waals surface area contributed by atoms with Gasteiger partial charge in [-0.15, -0.1) is 0 Å². The van der Waals surface area contributed by atoms with Crippen LogP contribution < -0.4 is 15.8 Å². The highest BCUT2D eigenvalue weighted by Crippen LogP contribution is 2.44. The van der Waals surface area contributed by atoms with Crippen LogP contribution in [0.5, 0.6) is 11.5 Å². The lowest BCUT2D eigenvalue weighted by Crippen LogP contribution is -2.49. The summed E-state index contributed by atoms with van der Waals surface area (Å²) in [5.41, 5.74) is 6.38. The Morgan fingerprint density at radius 3 is 2.53 bits per heavy atom. The van der Waals surface area contributed by atoms with Crippen LogP contribution in [-0.4, -0.2) is 58.7 Å². The van der Waals surface area contributed by atoms with Crippen molar-refractivity contribution in [3.8, 4) is 11.5 Å². The number of piperidine rings is 1. The number of ether oxygens (including phenoxy) is 1. The van der Waals surface area contributed by atoms with Crippen molar-refractivity contribution in [2.24, 2.45) is 17.6 Å². The standard InChI is InChI=1S/C30H41N3O5/c1-20-9-3-5-12-27(20)38-28-13-6-4-11-24(28)30(37,14-8-15-32-21(2)34)23-10-7-16-33(19-23)29(36)22-17-25(31)26(35)18-22/h3-6,9,11-13,22-23,25-26,35,37H,7-8,10,14-19,31H2,1-2H3,(H,32,34)/t22-,23+,25+,26-,30?/m0/s1. The fourth-order valence-corrected chi connectivity index (χ4v) is 5.96. The number of carbonyl (C=O) groups excluding carboxylic acids is 2. The van der Waals surface area contributed by atoms with Crippen molar-refractivity contribution in [2.45, 2.75) is 70.1 Å². The molecule has 206 valence electrons. The molecule has 5 atom stereocenters. The number of aryl methyl sites for hydroxylation is 1. The molecule has 4 rings (SSSR count). The Balaban J connectivity index is 1.61. The molecule has 0 spiro atoms. The van der Waals surface area contributed by atoms with E-state index in [2.05, 4.69) is 5.32 Å². The minimum absolute atomic E-state index is 0.00624. The predicted octanol–water partition coefficient (Wildman–Crippen LogP) is 3.23. The Bertz CT molecular complexity index is 1110. The first-order valence-corrected chi connectivity index (χ1v) is 13.7. The molecule has 1 unspecified atom stereocenters. The van der Waals surface area contributed by atoms with Crippen LogP contribution in [-0.2, 0) is 15.2 Å². The third-order valence-electron chi connectivity index (χ3n) is 8.11. The molecule has 2 aromatic carbocycles. The van der Waals surface area contributed by atoms with Crippen molar-refractivity contribution < 1.29 is 24.5 Å². The summed E-state index contributed by atoms with van der Waals surface area (Å²) in [5.74, 6) is 0.687. The molecule has 1 saturated heterocycles. The van der Waals surface area contributed by atoms with Gasteiger partial charge >= 0.3 is 0 Å². The van der Waals surface area contributed by atoms with Gasteiger partial charge in [-0.05, 0) is 63.1 Å². The molecule has 8 heteroatoms. The number of benzene rings is 2. The first-order chi connectivity index (χ1) is 18.2. The van der Waals surface area contributed by atoms with E-state index < -0.39 is 11.7 Å². The van der Waals surface area contributed by atoms with E-state index in [4.69, 9.17) is 10.5 Å². The van der Waals surface area contributed by atoms with Crippen molar-refractivity contribution >= 4 is 11.8 Å². The molecule has 0 radical (unpaired) electrons. The number of aliphatic hydroxyl groups is 2. The lowest BCUT2D eigenvalue weighted by Gasteiger charge is -2.44. The number of aliphatic hydroxyl groups excluding tert-OH is 1. The molecule has 38 heavy (non-hydrogen) atoms. The SMILES string of the molecule is CC(=O)NCCCC(O)(c1ccccc1Oc1ccccc1C)[C@@H]1CCCN(C(=O)[C@H]2C[C@@H](N)[C@@H](O)C2)C1. The molecular weight excluding hydrogens is 482 g/mol. The first-order valence-electron chi connectivity index (χ1n) is 13.7. The van der Waals surface area contributed by atoms with Crippen LogP contribution in [0.3, 0.4) is 0 Å². The Morgan fingerprint density at radius 1 is 1.13 bits per heavy atom. The van der Waals surface area contributed by atoms with Crippen LogP contribution >= 0.6 is 0 Å². The number of para-hydroxylation sites is 2. The number of amides is 2. The van der Waals surface area contributed by atoms with Crippen LogP contribution in [0, 0.1) is 18.8 Å². The number of likely N-dealkylation sites (tertiary alicyclic amines) is 1. The molecular formula is C30H41N3O5. The van der Waals surface area contributed by atoms with Crippen molar-refractivity contribution in [1.29, 1.82) is 0 Å². The van der Waals surface area contributed by atoms with E-state index in [0.717, 1.165) is 24.2 Å². The third kappa shape index (κ3) is 6.37. The molecule has 1 aliphatic carbocycles. The van der Waals surface area contributed by atoms with Gasteiger partial charge in [-0.1, -0.05) is 36.4 Å². The number of hydrogen-bond donors (Lipinski definition) is 4. The summed E-state index contributed by atoms with van der Waals surface area (Å²) in [4.78, 5) is 26.7. The zero-order valence-corrected chi connectivity index (χ0v) is 22.4. The van der Waals surface area contributed by atoms with Gasteiger partial charge in [-0.3, -0.25) is 9.59 Å². The number of carbonyl (C=O) groups is 2. The summed E-state index contributed by atoms with van der Waals surface area (Å²) >= 11 is 0. The molecule has 2 aromatic rings. The highest BCUT2D eigenvalue weighted by molar-refractivity contribution is 5.79. The van der Waals surface area contributed by atoms with Crippen molar-refractivity contribution in [2.75, 3.05) is 19.6 Å². The van der Waals surface area contributed by atoms with Gasteiger partial charge in [0.1, 0.15) is 11.5 Å². The Morgan fingerprint density at radius 2 is 1.84 bits per heavy atom. The van der Waals surface area contributed by atoms with Gasteiger partial charge in [-0.2, -0.15) is 0 Å². The number of nitrogens with two attached hydrogens (primary N) is 1. The molecule has 8 nitrogen and oxygen atoms in total. The van der Waals surface area contributed by atoms with Gasteiger partial charge in [0, 0.05) is 50.0 Å². The van der Waals surface area contributed by atoms with E-state index in [1.165, 1.54) is 6.92 Å². The minimum atomic E-state index is -1.28. The Hall–Kier alpha value is -2.94. The monoisotopic (exact) mass is 523 g/mol. The van der Waals surface area contributed by atoms with Gasteiger partial charge in [-0.25, -0.2) is 0 Å². The molecule has 1 saturated carbocycles. The summed E-state index contributed by atoms with van der Waals surface area (Å²) < 4.78 is 6.35. The number of hydrogen-bond acceptors (Lipinski definition) is 6. The smallest absolute Gasteiger partial charge is 0.225 e. The fraction of sp³-hybridized carbons (Fsp3) is 0.533. The normalized spacial score (nSPS) is 25.0. The second-order valence-corrected chi connectivity index (χ2v) is 10.9. The Labute approximate surface area is 225 Å². The van der Waals surface area contributed by atoms with Gasteiger partial charge in [0.05, 0.1) is 11.7 Å². The minimum Gasteiger partial charge on any atom is -0.457 e. The molecule has 1 aliphatic heterocycles. The third-order valence-corrected chi connectivity index (χ3v) is 8.11. The van der Waals surface area contributed by atoms with Gasteiger partial charge in [0.15, 0.2) is 0 Å². The summed E-state index contributed by atoms with van der Waals surface area (Å²) in [6, 6.07) is 14.9. The predicted molar refractivity (Wildman–Crippen MR) is 146 cm³/mol. The van der Waals surface area contributed by atoms with Crippen LogP contribution in [0.2, 0.25) is 0 Å². The maximum Gasteiger partial charge on any atom is 0.225 e. The Kier molecular flexibility index (Phi) is 9.07. The number of nitrogens with zero attached hydrogens (tertiary/aromatic N) is 1. The lowest BCUT2D eigenvalue weighted by molar-refractivity contribution is -0.141. The van der Waals surface area contributed by atoms with Crippen molar-refractivity contribution in [1.82, 2.24) is 10.2 Å².